The maximum atomic E-state index is 6.72. The van der Waals surface area contributed by atoms with Crippen molar-refractivity contribution in [3.8, 4) is 44.5 Å². The maximum Gasteiger partial charge on any atom is 0.136 e. The van der Waals surface area contributed by atoms with E-state index in [2.05, 4.69) is 208 Å². The SMILES string of the molecule is CC1(C)c2cc(-c3ccc4c(c3)oc3ccc5ccc6sc7ccccc7c6c5c34)ccc2-c2ccc(-c3c4ccccc4c(-c4cccc5ccccc45)c4ccccc34)cc21. The molecule has 14 rings (SSSR count). The lowest BCUT2D eigenvalue weighted by atomic mass is 9.80. The van der Waals surface area contributed by atoms with Gasteiger partial charge in [-0.2, -0.15) is 0 Å². The molecule has 11 aromatic carbocycles. The first kappa shape index (κ1) is 35.1. The van der Waals surface area contributed by atoms with Crippen molar-refractivity contribution in [1.82, 2.24) is 0 Å². The fourth-order valence-electron chi connectivity index (χ4n) is 11.3. The molecule has 0 unspecified atom stereocenters. The lowest BCUT2D eigenvalue weighted by molar-refractivity contribution is 0.661. The second-order valence-corrected chi connectivity index (χ2v) is 19.0. The zero-order chi connectivity index (χ0) is 41.6. The van der Waals surface area contributed by atoms with Gasteiger partial charge in [-0.15, -0.1) is 11.3 Å². The average Bonchev–Trinajstić information content (AvgIpc) is 3.97. The Balaban J connectivity index is 0.897. The molecule has 2 heterocycles. The summed E-state index contributed by atoms with van der Waals surface area (Å²) in [6.07, 6.45) is 0. The molecule has 0 aliphatic heterocycles. The number of benzene rings is 11. The van der Waals surface area contributed by atoms with E-state index in [1.165, 1.54) is 119 Å². The minimum absolute atomic E-state index is 0.206. The van der Waals surface area contributed by atoms with Crippen molar-refractivity contribution in [1.29, 1.82) is 0 Å². The van der Waals surface area contributed by atoms with Crippen LogP contribution in [-0.4, -0.2) is 0 Å². The van der Waals surface area contributed by atoms with Gasteiger partial charge in [-0.25, -0.2) is 0 Å². The number of thiophene rings is 1. The Bertz CT molecular complexity index is 4060. The molecule has 0 bridgehead atoms. The molecule has 0 radical (unpaired) electrons. The van der Waals surface area contributed by atoms with Gasteiger partial charge in [0.2, 0.25) is 0 Å². The van der Waals surface area contributed by atoms with Gasteiger partial charge in [-0.3, -0.25) is 0 Å². The lowest BCUT2D eigenvalue weighted by Gasteiger charge is -2.23. The molecule has 63 heavy (non-hydrogen) atoms. The minimum Gasteiger partial charge on any atom is -0.456 e. The average molecular weight is 819 g/mol. The zero-order valence-corrected chi connectivity index (χ0v) is 35.6. The normalized spacial score (nSPS) is 13.4. The first-order valence-electron chi connectivity index (χ1n) is 21.9. The quantitative estimate of drug-likeness (QED) is 0.162. The molecule has 1 nitrogen and oxygen atoms in total. The van der Waals surface area contributed by atoms with Gasteiger partial charge in [-0.05, 0) is 136 Å². The van der Waals surface area contributed by atoms with Crippen molar-refractivity contribution < 1.29 is 4.42 Å². The molecule has 0 amide bonds. The summed E-state index contributed by atoms with van der Waals surface area (Å²) in [6, 6.07) is 72.3. The van der Waals surface area contributed by atoms with E-state index in [-0.39, 0.29) is 5.41 Å². The Hall–Kier alpha value is -7.52. The van der Waals surface area contributed by atoms with E-state index in [9.17, 15) is 0 Å². The molecule has 1 aliphatic rings. The summed E-state index contributed by atoms with van der Waals surface area (Å²) in [7, 11) is 0. The zero-order valence-electron chi connectivity index (χ0n) is 34.8. The molecule has 13 aromatic rings. The largest absolute Gasteiger partial charge is 0.456 e. The van der Waals surface area contributed by atoms with Gasteiger partial charge in [0.15, 0.2) is 0 Å². The van der Waals surface area contributed by atoms with Crippen molar-refractivity contribution in [2.75, 3.05) is 0 Å². The smallest absolute Gasteiger partial charge is 0.136 e. The van der Waals surface area contributed by atoms with Crippen LogP contribution in [-0.2, 0) is 5.41 Å². The van der Waals surface area contributed by atoms with Gasteiger partial charge in [0.05, 0.1) is 0 Å². The fraction of sp³-hybridized carbons (Fsp3) is 0.0492. The Labute approximate surface area is 368 Å². The van der Waals surface area contributed by atoms with E-state index in [0.29, 0.717) is 0 Å². The highest BCUT2D eigenvalue weighted by Gasteiger charge is 2.36. The highest BCUT2D eigenvalue weighted by atomic mass is 32.1. The third-order valence-corrected chi connectivity index (χ3v) is 15.4. The van der Waals surface area contributed by atoms with Crippen LogP contribution in [0.4, 0.5) is 0 Å². The molecule has 1 aliphatic carbocycles. The summed E-state index contributed by atoms with van der Waals surface area (Å²) in [5.41, 5.74) is 14.5. The predicted octanol–water partition coefficient (Wildman–Crippen LogP) is 17.9. The van der Waals surface area contributed by atoms with Crippen LogP contribution in [0, 0.1) is 0 Å². The van der Waals surface area contributed by atoms with Gasteiger partial charge >= 0.3 is 0 Å². The summed E-state index contributed by atoms with van der Waals surface area (Å²) < 4.78 is 9.35. The molecule has 0 N–H and O–H groups in total. The molecule has 2 heteroatoms. The molecule has 2 aromatic heterocycles. The second kappa shape index (κ2) is 12.8. The van der Waals surface area contributed by atoms with Crippen LogP contribution in [0.15, 0.2) is 199 Å². The maximum absolute atomic E-state index is 6.72. The summed E-state index contributed by atoms with van der Waals surface area (Å²) in [6.45, 7) is 4.79. The van der Waals surface area contributed by atoms with E-state index >= 15 is 0 Å². The van der Waals surface area contributed by atoms with Crippen LogP contribution in [0.2, 0.25) is 0 Å². The van der Waals surface area contributed by atoms with Crippen molar-refractivity contribution in [3.05, 3.63) is 205 Å². The number of rotatable bonds is 3. The third kappa shape index (κ3) is 4.87. The molecular formula is C61H38OS. The summed E-state index contributed by atoms with van der Waals surface area (Å²) >= 11 is 1.87. The number of furan rings is 1. The van der Waals surface area contributed by atoms with E-state index in [1.807, 2.05) is 11.3 Å². The molecule has 294 valence electrons. The van der Waals surface area contributed by atoms with Crippen molar-refractivity contribution in [2.45, 2.75) is 19.3 Å². The van der Waals surface area contributed by atoms with Crippen LogP contribution in [0.5, 0.6) is 0 Å². The highest BCUT2D eigenvalue weighted by Crippen LogP contribution is 2.53. The third-order valence-electron chi connectivity index (χ3n) is 14.2. The number of hydrogen-bond acceptors (Lipinski definition) is 2. The van der Waals surface area contributed by atoms with Gasteiger partial charge in [0, 0.05) is 41.7 Å². The molecule has 0 saturated heterocycles. The van der Waals surface area contributed by atoms with E-state index in [4.69, 9.17) is 4.42 Å². The van der Waals surface area contributed by atoms with Crippen LogP contribution in [0.3, 0.4) is 0 Å². The standard InChI is InChI=1S/C61H38OS/c1-61(2)50-32-37(38-23-29-48-53(34-38)62-52-30-25-36-26-31-55-60(57(36)59(48)52)49-19-9-10-21-54(49)63-55)22-27-41(50)42-28-24-39(33-51(42)61)56-44-15-5-7-17-46(44)58(47-18-8-6-16-45(47)56)43-20-11-13-35-12-3-4-14-40(35)43/h3-34H,1-2H3. The summed E-state index contributed by atoms with van der Waals surface area (Å²) in [4.78, 5) is 0. The van der Waals surface area contributed by atoms with Crippen molar-refractivity contribution >= 4 is 96.5 Å². The van der Waals surface area contributed by atoms with Gasteiger partial charge in [0.25, 0.3) is 0 Å². The topological polar surface area (TPSA) is 13.1 Å². The van der Waals surface area contributed by atoms with Crippen LogP contribution in [0.1, 0.15) is 25.0 Å². The predicted molar refractivity (Wildman–Crippen MR) is 271 cm³/mol. The summed E-state index contributed by atoms with van der Waals surface area (Å²) in [5.74, 6) is 0. The van der Waals surface area contributed by atoms with E-state index in [1.54, 1.807) is 0 Å². The summed E-state index contributed by atoms with van der Waals surface area (Å²) in [5, 5.41) is 15.2. The lowest BCUT2D eigenvalue weighted by Crippen LogP contribution is -2.15. The molecule has 0 saturated carbocycles. The van der Waals surface area contributed by atoms with Crippen LogP contribution >= 0.6 is 11.3 Å². The number of fused-ring (bicyclic) bond motifs is 15. The van der Waals surface area contributed by atoms with E-state index in [0.717, 1.165) is 22.1 Å². The molecule has 0 spiro atoms. The Morgan fingerprint density at radius 2 is 0.937 bits per heavy atom. The number of hydrogen-bond donors (Lipinski definition) is 0. The fourth-order valence-corrected chi connectivity index (χ4v) is 12.4. The van der Waals surface area contributed by atoms with Gasteiger partial charge in [0.1, 0.15) is 11.2 Å². The van der Waals surface area contributed by atoms with Crippen LogP contribution in [0.25, 0.3) is 130 Å². The monoisotopic (exact) mass is 818 g/mol. The van der Waals surface area contributed by atoms with Crippen LogP contribution < -0.4 is 0 Å². The first-order chi connectivity index (χ1) is 31.0. The van der Waals surface area contributed by atoms with Gasteiger partial charge in [-0.1, -0.05) is 166 Å². The minimum atomic E-state index is -0.206. The second-order valence-electron chi connectivity index (χ2n) is 17.9. The molecular weight excluding hydrogens is 781 g/mol. The van der Waals surface area contributed by atoms with E-state index < -0.39 is 0 Å². The first-order valence-corrected chi connectivity index (χ1v) is 22.7. The van der Waals surface area contributed by atoms with Gasteiger partial charge < -0.3 is 4.42 Å². The Morgan fingerprint density at radius 1 is 0.349 bits per heavy atom. The Morgan fingerprint density at radius 3 is 1.70 bits per heavy atom. The Kier molecular flexibility index (Phi) is 7.12. The molecule has 0 fully saturated rings. The van der Waals surface area contributed by atoms with Crippen molar-refractivity contribution in [2.24, 2.45) is 0 Å². The molecule has 0 atom stereocenters. The highest BCUT2D eigenvalue weighted by molar-refractivity contribution is 7.26. The van der Waals surface area contributed by atoms with Crippen molar-refractivity contribution in [3.63, 3.8) is 0 Å².